The quantitative estimate of drug-likeness (QED) is 0.802. The molecule has 0 saturated carbocycles. The van der Waals surface area contributed by atoms with Crippen LogP contribution in [0.1, 0.15) is 5.01 Å². The summed E-state index contributed by atoms with van der Waals surface area (Å²) in [4.78, 5) is 11.5. The van der Waals surface area contributed by atoms with Gasteiger partial charge in [0.15, 0.2) is 5.82 Å². The second kappa shape index (κ2) is 4.21. The molecule has 0 radical (unpaired) electrons. The Kier molecular flexibility index (Phi) is 2.94. The molecule has 2 aromatic rings. The summed E-state index contributed by atoms with van der Waals surface area (Å²) in [5.74, 6) is 0.752. The summed E-state index contributed by atoms with van der Waals surface area (Å²) in [6.45, 7) is 0.843. The van der Waals surface area contributed by atoms with Crippen LogP contribution >= 0.6 is 23.6 Å². The van der Waals surface area contributed by atoms with Gasteiger partial charge < -0.3 is 4.90 Å². The fraction of sp³-hybridized carbons (Fsp3) is 0.375. The lowest BCUT2D eigenvalue weighted by Crippen LogP contribution is -2.09. The number of aromatic nitrogens is 4. The number of thiazole rings is 1. The molecule has 0 unspecified atom stereocenters. The summed E-state index contributed by atoms with van der Waals surface area (Å²) in [5, 5.41) is 6.74. The molecular formula is C8H11N5S2. The van der Waals surface area contributed by atoms with Crippen LogP contribution in [0.4, 0.5) is 0 Å². The van der Waals surface area contributed by atoms with Gasteiger partial charge in [-0.05, 0) is 26.3 Å². The molecule has 0 saturated heterocycles. The van der Waals surface area contributed by atoms with Gasteiger partial charge in [-0.1, -0.05) is 0 Å². The summed E-state index contributed by atoms with van der Waals surface area (Å²) in [7, 11) is 4.03. The van der Waals surface area contributed by atoms with Crippen molar-refractivity contribution in [3.05, 3.63) is 16.0 Å². The van der Waals surface area contributed by atoms with Crippen molar-refractivity contribution in [3.8, 4) is 10.7 Å². The van der Waals surface area contributed by atoms with Gasteiger partial charge in [-0.25, -0.2) is 4.98 Å². The van der Waals surface area contributed by atoms with Crippen molar-refractivity contribution in [2.75, 3.05) is 14.1 Å². The third-order valence-electron chi connectivity index (χ3n) is 1.74. The van der Waals surface area contributed by atoms with Gasteiger partial charge in [0.05, 0.1) is 4.88 Å². The predicted octanol–water partition coefficient (Wildman–Crippen LogP) is 1.65. The van der Waals surface area contributed by atoms with Gasteiger partial charge in [-0.2, -0.15) is 4.98 Å². The molecule has 0 spiro atoms. The van der Waals surface area contributed by atoms with Crippen molar-refractivity contribution in [2.45, 2.75) is 6.54 Å². The summed E-state index contributed by atoms with van der Waals surface area (Å²) in [5.41, 5.74) is 0. The molecular weight excluding hydrogens is 230 g/mol. The highest BCUT2D eigenvalue weighted by Crippen LogP contribution is 2.22. The second-order valence-corrected chi connectivity index (χ2v) is 4.87. The monoisotopic (exact) mass is 241 g/mol. The average Bonchev–Trinajstić information content (AvgIpc) is 2.72. The Morgan fingerprint density at radius 3 is 2.87 bits per heavy atom. The van der Waals surface area contributed by atoms with Gasteiger partial charge in [0.2, 0.25) is 4.77 Å². The normalized spacial score (nSPS) is 11.1. The topological polar surface area (TPSA) is 60.6 Å². The maximum absolute atomic E-state index is 4.89. The van der Waals surface area contributed by atoms with Crippen molar-refractivity contribution < 1.29 is 0 Å². The molecule has 0 aliphatic heterocycles. The number of H-pyrrole nitrogens is 2. The smallest absolute Gasteiger partial charge is 0.213 e. The molecule has 7 heteroatoms. The van der Waals surface area contributed by atoms with E-state index >= 15 is 0 Å². The molecule has 0 atom stereocenters. The molecule has 0 amide bonds. The Morgan fingerprint density at radius 2 is 2.27 bits per heavy atom. The third kappa shape index (κ3) is 2.49. The minimum atomic E-state index is 0.465. The van der Waals surface area contributed by atoms with E-state index in [1.165, 1.54) is 0 Å². The Balaban J connectivity index is 2.23. The van der Waals surface area contributed by atoms with Crippen molar-refractivity contribution >= 4 is 23.6 Å². The van der Waals surface area contributed by atoms with E-state index in [0.29, 0.717) is 4.77 Å². The van der Waals surface area contributed by atoms with Gasteiger partial charge in [0.1, 0.15) is 5.01 Å². The van der Waals surface area contributed by atoms with Crippen molar-refractivity contribution in [1.29, 1.82) is 0 Å². The van der Waals surface area contributed by atoms with Crippen LogP contribution < -0.4 is 0 Å². The molecule has 2 heterocycles. The van der Waals surface area contributed by atoms with Crippen molar-refractivity contribution in [3.63, 3.8) is 0 Å². The number of nitrogens with one attached hydrogen (secondary N) is 2. The lowest BCUT2D eigenvalue weighted by atomic mass is 10.5. The second-order valence-electron chi connectivity index (χ2n) is 3.37. The van der Waals surface area contributed by atoms with E-state index in [1.807, 2.05) is 20.3 Å². The SMILES string of the molecule is CN(C)Cc1ncc(-c2nc(=S)[nH][nH]2)s1. The van der Waals surface area contributed by atoms with Crippen LogP contribution in [-0.4, -0.2) is 39.2 Å². The first-order chi connectivity index (χ1) is 7.15. The highest BCUT2D eigenvalue weighted by molar-refractivity contribution is 7.71. The molecule has 5 nitrogen and oxygen atoms in total. The highest BCUT2D eigenvalue weighted by atomic mass is 32.1. The van der Waals surface area contributed by atoms with Gasteiger partial charge in [0, 0.05) is 12.7 Å². The third-order valence-corrected chi connectivity index (χ3v) is 2.92. The summed E-state index contributed by atoms with van der Waals surface area (Å²) >= 11 is 6.50. The molecule has 2 rings (SSSR count). The van der Waals surface area contributed by atoms with E-state index in [4.69, 9.17) is 12.2 Å². The Labute approximate surface area is 96.2 Å². The molecule has 0 bridgehead atoms. The zero-order valence-electron chi connectivity index (χ0n) is 8.44. The first-order valence-corrected chi connectivity index (χ1v) is 5.62. The fourth-order valence-electron chi connectivity index (χ4n) is 1.15. The first-order valence-electron chi connectivity index (χ1n) is 4.39. The van der Waals surface area contributed by atoms with E-state index in [0.717, 1.165) is 22.3 Å². The Bertz CT molecular complexity index is 495. The summed E-state index contributed by atoms with van der Waals surface area (Å²) < 4.78 is 0.465. The lowest BCUT2D eigenvalue weighted by molar-refractivity contribution is 0.401. The standard InChI is InChI=1S/C8H11N5S2/c1-13(2)4-6-9-3-5(15-6)7-10-8(14)12-11-7/h3H,4H2,1-2H3,(H2,10,11,12,14). The van der Waals surface area contributed by atoms with Gasteiger partial charge in [-0.15, -0.1) is 11.3 Å². The van der Waals surface area contributed by atoms with Crippen molar-refractivity contribution in [2.24, 2.45) is 0 Å². The number of rotatable bonds is 3. The van der Waals surface area contributed by atoms with E-state index in [1.54, 1.807) is 11.3 Å². The lowest BCUT2D eigenvalue weighted by Gasteiger charge is -2.04. The maximum Gasteiger partial charge on any atom is 0.213 e. The van der Waals surface area contributed by atoms with Gasteiger partial charge >= 0.3 is 0 Å². The number of nitrogens with zero attached hydrogens (tertiary/aromatic N) is 3. The Morgan fingerprint density at radius 1 is 1.47 bits per heavy atom. The zero-order chi connectivity index (χ0) is 10.8. The van der Waals surface area contributed by atoms with Gasteiger partial charge in [-0.3, -0.25) is 10.2 Å². The molecule has 0 aliphatic carbocycles. The van der Waals surface area contributed by atoms with Crippen molar-refractivity contribution in [1.82, 2.24) is 25.1 Å². The fourth-order valence-corrected chi connectivity index (χ4v) is 2.27. The van der Waals surface area contributed by atoms with Crippen LogP contribution in [0.25, 0.3) is 10.7 Å². The van der Waals surface area contributed by atoms with Crippen LogP contribution in [0.3, 0.4) is 0 Å². The van der Waals surface area contributed by atoms with Gasteiger partial charge in [0.25, 0.3) is 0 Å². The molecule has 0 fully saturated rings. The summed E-state index contributed by atoms with van der Waals surface area (Å²) in [6, 6.07) is 0. The average molecular weight is 241 g/mol. The van der Waals surface area contributed by atoms with Crippen LogP contribution in [0, 0.1) is 4.77 Å². The van der Waals surface area contributed by atoms with E-state index in [-0.39, 0.29) is 0 Å². The maximum atomic E-state index is 4.89. The highest BCUT2D eigenvalue weighted by Gasteiger charge is 2.07. The van der Waals surface area contributed by atoms with E-state index in [9.17, 15) is 0 Å². The number of aromatic amines is 2. The minimum absolute atomic E-state index is 0.465. The summed E-state index contributed by atoms with van der Waals surface area (Å²) in [6.07, 6.45) is 1.81. The van der Waals surface area contributed by atoms with Crippen LogP contribution in [0.2, 0.25) is 0 Å². The van der Waals surface area contributed by atoms with Crippen LogP contribution in [-0.2, 0) is 6.54 Å². The Hall–Kier alpha value is -1.05. The van der Waals surface area contributed by atoms with E-state index < -0.39 is 0 Å². The molecule has 15 heavy (non-hydrogen) atoms. The molecule has 80 valence electrons. The zero-order valence-corrected chi connectivity index (χ0v) is 10.1. The van der Waals surface area contributed by atoms with Crippen LogP contribution in [0.15, 0.2) is 6.20 Å². The largest absolute Gasteiger partial charge is 0.303 e. The number of hydrogen-bond acceptors (Lipinski definition) is 5. The molecule has 2 N–H and O–H groups in total. The molecule has 0 aliphatic rings. The predicted molar refractivity (Wildman–Crippen MR) is 62.3 cm³/mol. The minimum Gasteiger partial charge on any atom is -0.303 e. The first kappa shape index (κ1) is 10.5. The number of hydrogen-bond donors (Lipinski definition) is 2. The molecule has 2 aromatic heterocycles. The van der Waals surface area contributed by atoms with E-state index in [2.05, 4.69) is 25.1 Å². The van der Waals surface area contributed by atoms with Crippen LogP contribution in [0.5, 0.6) is 0 Å². The molecule has 0 aromatic carbocycles.